The van der Waals surface area contributed by atoms with Crippen LogP contribution < -0.4 is 10.6 Å². The van der Waals surface area contributed by atoms with Crippen LogP contribution in [0.3, 0.4) is 0 Å². The van der Waals surface area contributed by atoms with Gasteiger partial charge >= 0.3 is 6.09 Å². The van der Waals surface area contributed by atoms with Crippen LogP contribution in [0.2, 0.25) is 0 Å². The molecule has 2 rings (SSSR count). The Morgan fingerprint density at radius 1 is 1.21 bits per heavy atom. The molecule has 2 N–H and O–H groups in total. The molecule has 6 nitrogen and oxygen atoms in total. The molecular formula is C18H19N3O3. The number of fused-ring (bicyclic) bond motifs is 1. The summed E-state index contributed by atoms with van der Waals surface area (Å²) in [4.78, 5) is 23.8. The standard InChI is InChI=1S/C18H19N3O3/c1-2-24-18(23)21-16(17(22)20-10-9-19)12-13-7-8-14-5-3-4-6-15(14)11-13/h3-8,11,16H,2,10,12H2,1H3,(H,20,22)(H,21,23). The smallest absolute Gasteiger partial charge is 0.407 e. The monoisotopic (exact) mass is 325 g/mol. The van der Waals surface area contributed by atoms with Crippen molar-refractivity contribution >= 4 is 22.8 Å². The lowest BCUT2D eigenvalue weighted by Gasteiger charge is -2.17. The van der Waals surface area contributed by atoms with E-state index in [-0.39, 0.29) is 13.2 Å². The van der Waals surface area contributed by atoms with E-state index in [2.05, 4.69) is 10.6 Å². The summed E-state index contributed by atoms with van der Waals surface area (Å²) >= 11 is 0. The van der Waals surface area contributed by atoms with Crippen molar-refractivity contribution in [1.82, 2.24) is 10.6 Å². The van der Waals surface area contributed by atoms with Crippen molar-refractivity contribution in [3.05, 3.63) is 48.0 Å². The molecule has 2 aromatic rings. The molecule has 0 aliphatic heterocycles. The molecule has 1 unspecified atom stereocenters. The van der Waals surface area contributed by atoms with Crippen molar-refractivity contribution in [3.8, 4) is 6.07 Å². The molecular weight excluding hydrogens is 306 g/mol. The molecule has 0 fully saturated rings. The van der Waals surface area contributed by atoms with Gasteiger partial charge in [-0.15, -0.1) is 0 Å². The molecule has 0 heterocycles. The fraction of sp³-hybridized carbons (Fsp3) is 0.278. The lowest BCUT2D eigenvalue weighted by molar-refractivity contribution is -0.122. The number of amides is 2. The molecule has 0 radical (unpaired) electrons. The average molecular weight is 325 g/mol. The predicted molar refractivity (Wildman–Crippen MR) is 90.2 cm³/mol. The minimum atomic E-state index is -0.807. The summed E-state index contributed by atoms with van der Waals surface area (Å²) in [5.74, 6) is -0.419. The average Bonchev–Trinajstić information content (AvgIpc) is 2.59. The molecule has 0 saturated heterocycles. The molecule has 0 aliphatic carbocycles. The van der Waals surface area contributed by atoms with Gasteiger partial charge < -0.3 is 15.4 Å². The van der Waals surface area contributed by atoms with Gasteiger partial charge in [-0.3, -0.25) is 4.79 Å². The SMILES string of the molecule is CCOC(=O)NC(Cc1ccc2ccccc2c1)C(=O)NCC#N. The maximum atomic E-state index is 12.2. The van der Waals surface area contributed by atoms with E-state index < -0.39 is 18.0 Å². The van der Waals surface area contributed by atoms with Gasteiger partial charge in [-0.25, -0.2) is 4.79 Å². The Morgan fingerprint density at radius 3 is 2.67 bits per heavy atom. The Kier molecular flexibility index (Phi) is 6.15. The molecule has 0 saturated carbocycles. The van der Waals surface area contributed by atoms with Crippen LogP contribution in [0.15, 0.2) is 42.5 Å². The van der Waals surface area contributed by atoms with E-state index in [0.29, 0.717) is 6.42 Å². The highest BCUT2D eigenvalue weighted by Gasteiger charge is 2.21. The topological polar surface area (TPSA) is 91.2 Å². The zero-order chi connectivity index (χ0) is 17.4. The summed E-state index contributed by atoms with van der Waals surface area (Å²) in [5.41, 5.74) is 0.905. The van der Waals surface area contributed by atoms with Crippen LogP contribution in [-0.2, 0) is 16.0 Å². The van der Waals surface area contributed by atoms with E-state index in [4.69, 9.17) is 10.00 Å². The molecule has 0 aliphatic rings. The Balaban J connectivity index is 2.16. The van der Waals surface area contributed by atoms with Crippen molar-refractivity contribution in [1.29, 1.82) is 5.26 Å². The van der Waals surface area contributed by atoms with Gasteiger partial charge in [-0.1, -0.05) is 42.5 Å². The summed E-state index contributed by atoms with van der Waals surface area (Å²) in [6.07, 6.45) is -0.351. The maximum absolute atomic E-state index is 12.2. The third-order valence-corrected chi connectivity index (χ3v) is 3.48. The van der Waals surface area contributed by atoms with Crippen LogP contribution in [0, 0.1) is 11.3 Å². The lowest BCUT2D eigenvalue weighted by Crippen LogP contribution is -2.48. The first-order valence-corrected chi connectivity index (χ1v) is 7.69. The summed E-state index contributed by atoms with van der Waals surface area (Å²) < 4.78 is 4.84. The van der Waals surface area contributed by atoms with Crippen molar-refractivity contribution in [2.75, 3.05) is 13.2 Å². The second-order valence-electron chi connectivity index (χ2n) is 5.18. The van der Waals surface area contributed by atoms with Crippen LogP contribution in [-0.4, -0.2) is 31.2 Å². The van der Waals surface area contributed by atoms with Gasteiger partial charge in [0.05, 0.1) is 12.7 Å². The number of hydrogen-bond donors (Lipinski definition) is 2. The fourth-order valence-corrected chi connectivity index (χ4v) is 2.38. The Labute approximate surface area is 140 Å². The Bertz CT molecular complexity index is 767. The normalized spacial score (nSPS) is 11.3. The largest absolute Gasteiger partial charge is 0.450 e. The highest BCUT2D eigenvalue weighted by Crippen LogP contribution is 2.16. The summed E-state index contributed by atoms with van der Waals surface area (Å²) in [6, 6.07) is 14.8. The van der Waals surface area contributed by atoms with E-state index in [1.807, 2.05) is 48.5 Å². The van der Waals surface area contributed by atoms with Crippen LogP contribution in [0.5, 0.6) is 0 Å². The molecule has 1 atom stereocenters. The minimum Gasteiger partial charge on any atom is -0.450 e. The number of nitrogens with one attached hydrogen (secondary N) is 2. The maximum Gasteiger partial charge on any atom is 0.407 e. The number of carbonyl (C=O) groups excluding carboxylic acids is 2. The first kappa shape index (κ1) is 17.3. The Hall–Kier alpha value is -3.07. The number of nitriles is 1. The number of carbonyl (C=O) groups is 2. The number of nitrogens with zero attached hydrogens (tertiary/aromatic N) is 1. The minimum absolute atomic E-state index is 0.114. The summed E-state index contributed by atoms with van der Waals surface area (Å²) in [5, 5.41) is 15.8. The molecule has 124 valence electrons. The van der Waals surface area contributed by atoms with Crippen LogP contribution in [0.25, 0.3) is 10.8 Å². The quantitative estimate of drug-likeness (QED) is 0.796. The van der Waals surface area contributed by atoms with Crippen molar-refractivity contribution in [2.45, 2.75) is 19.4 Å². The number of alkyl carbamates (subject to hydrolysis) is 1. The van der Waals surface area contributed by atoms with Gasteiger partial charge in [0.25, 0.3) is 0 Å². The van der Waals surface area contributed by atoms with Gasteiger partial charge in [-0.2, -0.15) is 5.26 Å². The fourth-order valence-electron chi connectivity index (χ4n) is 2.38. The van der Waals surface area contributed by atoms with Gasteiger partial charge in [0.2, 0.25) is 5.91 Å². The van der Waals surface area contributed by atoms with E-state index in [9.17, 15) is 9.59 Å². The third-order valence-electron chi connectivity index (χ3n) is 3.48. The molecule has 0 spiro atoms. The van der Waals surface area contributed by atoms with Crippen LogP contribution in [0.1, 0.15) is 12.5 Å². The third kappa shape index (κ3) is 4.71. The van der Waals surface area contributed by atoms with Crippen LogP contribution in [0.4, 0.5) is 4.79 Å². The molecule has 2 amide bonds. The number of ether oxygens (including phenoxy) is 1. The highest BCUT2D eigenvalue weighted by molar-refractivity contribution is 5.87. The number of hydrogen-bond acceptors (Lipinski definition) is 4. The second kappa shape index (κ2) is 8.53. The molecule has 24 heavy (non-hydrogen) atoms. The molecule has 0 bridgehead atoms. The van der Waals surface area contributed by atoms with Crippen molar-refractivity contribution < 1.29 is 14.3 Å². The Morgan fingerprint density at radius 2 is 1.96 bits per heavy atom. The lowest BCUT2D eigenvalue weighted by atomic mass is 10.0. The van der Waals surface area contributed by atoms with E-state index in [1.54, 1.807) is 6.92 Å². The van der Waals surface area contributed by atoms with Crippen molar-refractivity contribution in [2.24, 2.45) is 0 Å². The number of rotatable bonds is 6. The zero-order valence-electron chi connectivity index (χ0n) is 13.4. The van der Waals surface area contributed by atoms with E-state index >= 15 is 0 Å². The number of benzene rings is 2. The highest BCUT2D eigenvalue weighted by atomic mass is 16.5. The van der Waals surface area contributed by atoms with E-state index in [1.165, 1.54) is 0 Å². The first-order valence-electron chi connectivity index (χ1n) is 7.69. The van der Waals surface area contributed by atoms with Gasteiger partial charge in [0.15, 0.2) is 0 Å². The van der Waals surface area contributed by atoms with Gasteiger partial charge in [0, 0.05) is 6.42 Å². The summed E-state index contributed by atoms with van der Waals surface area (Å²) in [6.45, 7) is 1.79. The van der Waals surface area contributed by atoms with E-state index in [0.717, 1.165) is 16.3 Å². The second-order valence-corrected chi connectivity index (χ2v) is 5.18. The molecule has 2 aromatic carbocycles. The molecule has 0 aromatic heterocycles. The van der Waals surface area contributed by atoms with Crippen LogP contribution >= 0.6 is 0 Å². The first-order chi connectivity index (χ1) is 11.6. The molecule has 6 heteroatoms. The summed E-state index contributed by atoms with van der Waals surface area (Å²) in [7, 11) is 0. The van der Waals surface area contributed by atoms with Crippen molar-refractivity contribution in [3.63, 3.8) is 0 Å². The van der Waals surface area contributed by atoms with Gasteiger partial charge in [-0.05, 0) is 23.3 Å². The van der Waals surface area contributed by atoms with Gasteiger partial charge in [0.1, 0.15) is 12.6 Å². The zero-order valence-corrected chi connectivity index (χ0v) is 13.4. The predicted octanol–water partition coefficient (Wildman–Crippen LogP) is 2.14.